The minimum Gasteiger partial charge on any atom is -0.314 e. The van der Waals surface area contributed by atoms with Crippen LogP contribution in [0.3, 0.4) is 0 Å². The summed E-state index contributed by atoms with van der Waals surface area (Å²) in [5.74, 6) is 0. The topological polar surface area (TPSA) is 60.4 Å². The van der Waals surface area contributed by atoms with Gasteiger partial charge in [-0.3, -0.25) is 10.1 Å². The van der Waals surface area contributed by atoms with E-state index in [0.717, 1.165) is 34.6 Å². The van der Waals surface area contributed by atoms with Crippen LogP contribution in [-0.4, -0.2) is 9.49 Å². The van der Waals surface area contributed by atoms with E-state index in [9.17, 15) is 10.1 Å². The Kier molecular flexibility index (Phi) is 5.86. The van der Waals surface area contributed by atoms with Gasteiger partial charge in [-0.15, -0.1) is 11.3 Å². The normalized spacial score (nSPS) is 12.9. The molecule has 0 bridgehead atoms. The van der Waals surface area contributed by atoms with E-state index >= 15 is 0 Å². The van der Waals surface area contributed by atoms with Gasteiger partial charge in [-0.25, -0.2) is 4.99 Å². The van der Waals surface area contributed by atoms with Crippen molar-refractivity contribution in [3.63, 3.8) is 0 Å². The lowest BCUT2D eigenvalue weighted by Gasteiger charge is -2.15. The van der Waals surface area contributed by atoms with Gasteiger partial charge >= 0.3 is 0 Å². The zero-order chi connectivity index (χ0) is 19.4. The predicted molar refractivity (Wildman–Crippen MR) is 110 cm³/mol. The van der Waals surface area contributed by atoms with Crippen molar-refractivity contribution in [3.8, 4) is 11.3 Å². The van der Waals surface area contributed by atoms with Crippen LogP contribution in [0.5, 0.6) is 0 Å². The quantitative estimate of drug-likeness (QED) is 0.395. The van der Waals surface area contributed by atoms with E-state index in [2.05, 4.69) is 42.9 Å². The number of rotatable bonds is 6. The van der Waals surface area contributed by atoms with Crippen LogP contribution in [-0.2, 0) is 6.42 Å². The molecule has 27 heavy (non-hydrogen) atoms. The lowest BCUT2D eigenvalue weighted by Crippen LogP contribution is -2.19. The number of nitrogens with zero attached hydrogens (tertiary/aromatic N) is 3. The highest BCUT2D eigenvalue weighted by Gasteiger charge is 2.14. The molecular formula is C21H23N3O2S. The summed E-state index contributed by atoms with van der Waals surface area (Å²) < 4.78 is 2.22. The number of aryl methyl sites for hydroxylation is 1. The molecular weight excluding hydrogens is 358 g/mol. The molecule has 0 spiro atoms. The van der Waals surface area contributed by atoms with Gasteiger partial charge in [0, 0.05) is 23.6 Å². The molecule has 0 radical (unpaired) electrons. The molecule has 3 aromatic rings. The fourth-order valence-corrected chi connectivity index (χ4v) is 3.91. The van der Waals surface area contributed by atoms with Crippen molar-refractivity contribution in [3.05, 3.63) is 74.4 Å². The molecule has 3 rings (SSSR count). The van der Waals surface area contributed by atoms with Crippen LogP contribution in [0, 0.1) is 10.1 Å². The Morgan fingerprint density at radius 3 is 2.33 bits per heavy atom. The van der Waals surface area contributed by atoms with Gasteiger partial charge in [0.1, 0.15) is 0 Å². The predicted octanol–water partition coefficient (Wildman–Crippen LogP) is 5.89. The van der Waals surface area contributed by atoms with Crippen LogP contribution in [0.1, 0.15) is 38.8 Å². The summed E-state index contributed by atoms with van der Waals surface area (Å²) >= 11 is 1.59. The largest absolute Gasteiger partial charge is 0.314 e. The lowest BCUT2D eigenvalue weighted by molar-refractivity contribution is -0.384. The van der Waals surface area contributed by atoms with Crippen molar-refractivity contribution in [2.45, 2.75) is 39.7 Å². The average Bonchev–Trinajstić information content (AvgIpc) is 3.11. The second-order valence-electron chi connectivity index (χ2n) is 6.47. The third-order valence-corrected chi connectivity index (χ3v) is 5.56. The van der Waals surface area contributed by atoms with Gasteiger partial charge in [-0.2, -0.15) is 0 Å². The molecule has 5 nitrogen and oxygen atoms in total. The maximum absolute atomic E-state index is 10.9. The van der Waals surface area contributed by atoms with Crippen LogP contribution >= 0.6 is 11.3 Å². The number of hydrogen-bond acceptors (Lipinski definition) is 4. The molecule has 1 unspecified atom stereocenters. The molecule has 0 aliphatic carbocycles. The molecule has 1 atom stereocenters. The molecule has 0 fully saturated rings. The van der Waals surface area contributed by atoms with Crippen molar-refractivity contribution in [2.75, 3.05) is 0 Å². The highest BCUT2D eigenvalue weighted by molar-refractivity contribution is 7.07. The van der Waals surface area contributed by atoms with Gasteiger partial charge < -0.3 is 4.57 Å². The van der Waals surface area contributed by atoms with Gasteiger partial charge in [0.2, 0.25) is 0 Å². The van der Waals surface area contributed by atoms with Crippen molar-refractivity contribution < 1.29 is 4.92 Å². The molecule has 2 aromatic carbocycles. The third kappa shape index (κ3) is 4.17. The zero-order valence-electron chi connectivity index (χ0n) is 15.8. The van der Waals surface area contributed by atoms with Gasteiger partial charge in [0.25, 0.3) is 5.69 Å². The number of aromatic nitrogens is 1. The Balaban J connectivity index is 2.08. The first kappa shape index (κ1) is 19.0. The summed E-state index contributed by atoms with van der Waals surface area (Å²) in [6.07, 6.45) is 1.98. The Hall–Kier alpha value is -2.73. The molecule has 140 valence electrons. The second-order valence-corrected chi connectivity index (χ2v) is 7.30. The van der Waals surface area contributed by atoms with E-state index in [1.807, 2.05) is 12.1 Å². The molecule has 1 aromatic heterocycles. The summed E-state index contributed by atoms with van der Waals surface area (Å²) in [5.41, 5.74) is 4.32. The van der Waals surface area contributed by atoms with Crippen LogP contribution in [0.15, 0.2) is 58.9 Å². The highest BCUT2D eigenvalue weighted by atomic mass is 32.1. The Morgan fingerprint density at radius 2 is 1.78 bits per heavy atom. The van der Waals surface area contributed by atoms with Gasteiger partial charge in [0.05, 0.1) is 16.3 Å². The summed E-state index contributed by atoms with van der Waals surface area (Å²) in [6, 6.07) is 15.3. The first-order valence-corrected chi connectivity index (χ1v) is 10.00. The maximum Gasteiger partial charge on any atom is 0.269 e. The van der Waals surface area contributed by atoms with E-state index in [4.69, 9.17) is 4.99 Å². The lowest BCUT2D eigenvalue weighted by atomic mass is 10.1. The Labute approximate surface area is 162 Å². The van der Waals surface area contributed by atoms with Crippen molar-refractivity contribution >= 4 is 22.7 Å². The minimum absolute atomic E-state index is 0.102. The molecule has 0 aliphatic heterocycles. The van der Waals surface area contributed by atoms with E-state index in [1.165, 1.54) is 5.56 Å². The Bertz CT molecular complexity index is 986. The van der Waals surface area contributed by atoms with Crippen molar-refractivity contribution in [1.29, 1.82) is 0 Å². The number of nitro groups is 1. The van der Waals surface area contributed by atoms with Crippen LogP contribution in [0.2, 0.25) is 0 Å². The smallest absolute Gasteiger partial charge is 0.269 e. The number of thiazole rings is 1. The zero-order valence-corrected chi connectivity index (χ0v) is 16.6. The molecule has 6 heteroatoms. The SMILES string of the molecule is CCc1ccc(N=c2scc(-c3ccc([N+](=O)[O-])cc3)n2C(C)CC)cc1. The molecule has 0 amide bonds. The number of benzene rings is 2. The van der Waals surface area contributed by atoms with Crippen molar-refractivity contribution in [1.82, 2.24) is 4.57 Å². The molecule has 0 aliphatic rings. The summed E-state index contributed by atoms with van der Waals surface area (Å²) in [5, 5.41) is 13.0. The van der Waals surface area contributed by atoms with Gasteiger partial charge in [-0.05, 0) is 55.2 Å². The molecule has 1 heterocycles. The summed E-state index contributed by atoms with van der Waals surface area (Å²) in [7, 11) is 0. The van der Waals surface area contributed by atoms with Gasteiger partial charge in [-0.1, -0.05) is 26.0 Å². The average molecular weight is 382 g/mol. The van der Waals surface area contributed by atoms with Crippen LogP contribution < -0.4 is 4.80 Å². The maximum atomic E-state index is 10.9. The first-order valence-electron chi connectivity index (χ1n) is 9.12. The van der Waals surface area contributed by atoms with Crippen LogP contribution in [0.25, 0.3) is 11.3 Å². The second kappa shape index (κ2) is 8.31. The minimum atomic E-state index is -0.374. The number of nitro benzene ring substituents is 1. The number of hydrogen-bond donors (Lipinski definition) is 0. The summed E-state index contributed by atoms with van der Waals surface area (Å²) in [6.45, 7) is 6.45. The monoisotopic (exact) mass is 381 g/mol. The molecule has 0 saturated heterocycles. The third-order valence-electron chi connectivity index (χ3n) is 4.72. The van der Waals surface area contributed by atoms with E-state index in [0.29, 0.717) is 0 Å². The molecule has 0 N–H and O–H groups in total. The van der Waals surface area contributed by atoms with E-state index in [1.54, 1.807) is 35.6 Å². The highest BCUT2D eigenvalue weighted by Crippen LogP contribution is 2.27. The Morgan fingerprint density at radius 1 is 1.11 bits per heavy atom. The first-order chi connectivity index (χ1) is 13.0. The number of non-ortho nitro benzene ring substituents is 1. The standard InChI is InChI=1S/C21H23N3O2S/c1-4-15(3)23-20(17-8-12-19(13-9-17)24(25)26)14-27-21(23)22-18-10-6-16(5-2)7-11-18/h6-15H,4-5H2,1-3H3. The van der Waals surface area contributed by atoms with Crippen LogP contribution in [0.4, 0.5) is 11.4 Å². The van der Waals surface area contributed by atoms with Gasteiger partial charge in [0.15, 0.2) is 4.80 Å². The van der Waals surface area contributed by atoms with Crippen molar-refractivity contribution in [2.24, 2.45) is 4.99 Å². The fraction of sp³-hybridized carbons (Fsp3) is 0.286. The van der Waals surface area contributed by atoms with E-state index in [-0.39, 0.29) is 16.7 Å². The van der Waals surface area contributed by atoms with E-state index < -0.39 is 0 Å². The fourth-order valence-electron chi connectivity index (χ4n) is 2.89. The summed E-state index contributed by atoms with van der Waals surface area (Å²) in [4.78, 5) is 16.3. The molecule has 0 saturated carbocycles.